The van der Waals surface area contributed by atoms with Gasteiger partial charge in [0.25, 0.3) is 0 Å². The van der Waals surface area contributed by atoms with E-state index in [4.69, 9.17) is 24.4 Å². The number of hydrogen-bond donors (Lipinski definition) is 5. The van der Waals surface area contributed by atoms with Crippen molar-refractivity contribution in [1.82, 2.24) is 0 Å². The third-order valence-electron chi connectivity index (χ3n) is 5.02. The highest BCUT2D eigenvalue weighted by atomic mass is 31.2. The average Bonchev–Trinajstić information content (AvgIpc) is 2.65. The molecule has 0 aliphatic carbocycles. The second-order valence-electron chi connectivity index (χ2n) is 7.94. The summed E-state index contributed by atoms with van der Waals surface area (Å²) in [5.41, 5.74) is 0.0842. The topological polar surface area (TPSA) is 135 Å². The van der Waals surface area contributed by atoms with E-state index in [1.807, 2.05) is 0 Å². The quantitative estimate of drug-likeness (QED) is 0.0682. The zero-order valence-electron chi connectivity index (χ0n) is 19.0. The molecule has 180 valence electrons. The molecule has 0 atom stereocenters. The fourth-order valence-electron chi connectivity index (χ4n) is 3.15. The molecule has 0 heterocycles. The second kappa shape index (κ2) is 21.4. The standard InChI is InChI=1S/C22H42O3.H3O4P/c1-3-4-5-6-7-8-9-10-11-12-13-14-15-16-17-18-19-21(23)20(2)22(24)25;1-5(2,3)4/h23H,3-19H2,1-2H3,(H,24,25);(H3,1,2,3,4). The van der Waals surface area contributed by atoms with Gasteiger partial charge in [-0.2, -0.15) is 0 Å². The molecule has 0 radical (unpaired) electrons. The van der Waals surface area contributed by atoms with Gasteiger partial charge in [-0.25, -0.2) is 9.36 Å². The van der Waals surface area contributed by atoms with Crippen LogP contribution in [-0.4, -0.2) is 30.9 Å². The maximum Gasteiger partial charge on any atom is 0.466 e. The Morgan fingerprint density at radius 3 is 1.17 bits per heavy atom. The molecule has 0 aromatic rings. The van der Waals surface area contributed by atoms with Gasteiger partial charge in [0, 0.05) is 6.42 Å². The average molecular weight is 453 g/mol. The van der Waals surface area contributed by atoms with Crippen molar-refractivity contribution in [1.29, 1.82) is 0 Å². The van der Waals surface area contributed by atoms with E-state index in [-0.39, 0.29) is 11.3 Å². The molecule has 8 heteroatoms. The van der Waals surface area contributed by atoms with Crippen molar-refractivity contribution >= 4 is 13.8 Å². The van der Waals surface area contributed by atoms with Crippen LogP contribution in [0.3, 0.4) is 0 Å². The number of carboxylic acids is 1. The number of rotatable bonds is 18. The largest absolute Gasteiger partial charge is 0.512 e. The molecule has 0 rings (SSSR count). The summed E-state index contributed by atoms with van der Waals surface area (Å²) in [5.74, 6) is -0.980. The minimum atomic E-state index is -4.64. The first-order valence-electron chi connectivity index (χ1n) is 11.5. The van der Waals surface area contributed by atoms with Crippen LogP contribution in [0.5, 0.6) is 0 Å². The van der Waals surface area contributed by atoms with Crippen molar-refractivity contribution in [3.63, 3.8) is 0 Å². The number of carboxylic acid groups (broad SMARTS) is 1. The molecule has 0 bridgehead atoms. The Kier molecular flexibility index (Phi) is 22.3. The van der Waals surface area contributed by atoms with Crippen LogP contribution in [-0.2, 0) is 9.36 Å². The molecule has 0 saturated heterocycles. The number of unbranched alkanes of at least 4 members (excludes halogenated alkanes) is 15. The van der Waals surface area contributed by atoms with Gasteiger partial charge in [-0.15, -0.1) is 0 Å². The van der Waals surface area contributed by atoms with E-state index in [0.717, 1.165) is 12.8 Å². The van der Waals surface area contributed by atoms with Gasteiger partial charge in [-0.05, 0) is 13.3 Å². The van der Waals surface area contributed by atoms with Gasteiger partial charge in [-0.3, -0.25) is 0 Å². The molecular weight excluding hydrogens is 407 g/mol. The third kappa shape index (κ3) is 29.3. The summed E-state index contributed by atoms with van der Waals surface area (Å²) in [7, 11) is -4.64. The van der Waals surface area contributed by atoms with Gasteiger partial charge in [0.2, 0.25) is 0 Å². The zero-order valence-corrected chi connectivity index (χ0v) is 19.9. The zero-order chi connectivity index (χ0) is 23.3. The van der Waals surface area contributed by atoms with Gasteiger partial charge in [-0.1, -0.05) is 103 Å². The molecule has 0 aliphatic rings. The van der Waals surface area contributed by atoms with Gasteiger partial charge in [0.1, 0.15) is 5.76 Å². The van der Waals surface area contributed by atoms with Crippen molar-refractivity contribution < 1.29 is 34.3 Å². The molecule has 0 saturated carbocycles. The lowest BCUT2D eigenvalue weighted by atomic mass is 10.0. The number of hydrogen-bond acceptors (Lipinski definition) is 3. The van der Waals surface area contributed by atoms with Gasteiger partial charge >= 0.3 is 13.8 Å². The van der Waals surface area contributed by atoms with Crippen LogP contribution in [0.1, 0.15) is 123 Å². The summed E-state index contributed by atoms with van der Waals surface area (Å²) in [6.45, 7) is 3.73. The van der Waals surface area contributed by atoms with E-state index in [1.54, 1.807) is 0 Å². The van der Waals surface area contributed by atoms with Crippen molar-refractivity contribution in [2.75, 3.05) is 0 Å². The van der Waals surface area contributed by atoms with Crippen LogP contribution in [0.25, 0.3) is 0 Å². The van der Waals surface area contributed by atoms with Gasteiger partial charge in [0.05, 0.1) is 5.57 Å². The van der Waals surface area contributed by atoms with E-state index in [2.05, 4.69) is 6.92 Å². The van der Waals surface area contributed by atoms with Crippen molar-refractivity contribution in [2.24, 2.45) is 0 Å². The summed E-state index contributed by atoms with van der Waals surface area (Å²) in [5, 5.41) is 18.4. The molecule has 0 unspecified atom stereocenters. The predicted octanol–water partition coefficient (Wildman–Crippen LogP) is 6.63. The van der Waals surface area contributed by atoms with Crippen LogP contribution >= 0.6 is 7.82 Å². The normalized spacial score (nSPS) is 12.2. The Balaban J connectivity index is 0. The predicted molar refractivity (Wildman–Crippen MR) is 121 cm³/mol. The Hall–Kier alpha value is -0.880. The Morgan fingerprint density at radius 1 is 0.633 bits per heavy atom. The van der Waals surface area contributed by atoms with E-state index < -0.39 is 13.8 Å². The van der Waals surface area contributed by atoms with E-state index in [1.165, 1.54) is 96.8 Å². The fourth-order valence-corrected chi connectivity index (χ4v) is 3.15. The summed E-state index contributed by atoms with van der Waals surface area (Å²) in [6.07, 6.45) is 21.6. The molecule has 5 N–H and O–H groups in total. The van der Waals surface area contributed by atoms with E-state index in [0.29, 0.717) is 6.42 Å². The lowest BCUT2D eigenvalue weighted by Crippen LogP contribution is -2.01. The molecule has 0 spiro atoms. The molecule has 0 aromatic carbocycles. The molecule has 0 aliphatic heterocycles. The Bertz CT molecular complexity index is 478. The molecule has 0 amide bonds. The minimum absolute atomic E-state index is 0.0397. The third-order valence-corrected chi connectivity index (χ3v) is 5.02. The first-order chi connectivity index (χ1) is 14.1. The first kappa shape index (κ1) is 31.3. The van der Waals surface area contributed by atoms with Crippen molar-refractivity contribution in [3.05, 3.63) is 11.3 Å². The lowest BCUT2D eigenvalue weighted by molar-refractivity contribution is -0.132. The monoisotopic (exact) mass is 452 g/mol. The Morgan fingerprint density at radius 2 is 0.900 bits per heavy atom. The van der Waals surface area contributed by atoms with Crippen molar-refractivity contribution in [3.8, 4) is 0 Å². The number of allylic oxidation sites excluding steroid dienone is 1. The molecule has 0 aromatic heterocycles. The molecule has 7 nitrogen and oxygen atoms in total. The van der Waals surface area contributed by atoms with E-state index >= 15 is 0 Å². The molecular formula is C22H45O7P. The Labute approximate surface area is 182 Å². The lowest BCUT2D eigenvalue weighted by Gasteiger charge is -2.04. The van der Waals surface area contributed by atoms with Crippen LogP contribution in [0.15, 0.2) is 11.3 Å². The highest BCUT2D eigenvalue weighted by molar-refractivity contribution is 7.45. The van der Waals surface area contributed by atoms with Crippen LogP contribution in [0.4, 0.5) is 0 Å². The molecule has 0 fully saturated rings. The summed E-state index contributed by atoms with van der Waals surface area (Å²) in [6, 6.07) is 0. The van der Waals surface area contributed by atoms with Crippen molar-refractivity contribution in [2.45, 2.75) is 123 Å². The first-order valence-corrected chi connectivity index (χ1v) is 13.1. The number of aliphatic carboxylic acids is 1. The molecule has 30 heavy (non-hydrogen) atoms. The van der Waals surface area contributed by atoms with Gasteiger partial charge in [0.15, 0.2) is 0 Å². The van der Waals surface area contributed by atoms with E-state index in [9.17, 15) is 9.90 Å². The highest BCUT2D eigenvalue weighted by Crippen LogP contribution is 2.25. The number of aliphatic hydroxyl groups is 1. The van der Waals surface area contributed by atoms with Crippen LogP contribution in [0, 0.1) is 0 Å². The summed E-state index contributed by atoms with van der Waals surface area (Å²) in [4.78, 5) is 32.3. The maximum absolute atomic E-state index is 10.7. The highest BCUT2D eigenvalue weighted by Gasteiger charge is 2.07. The number of carbonyl (C=O) groups is 1. The fraction of sp³-hybridized carbons (Fsp3) is 0.864. The summed E-state index contributed by atoms with van der Waals surface area (Å²) >= 11 is 0. The van der Waals surface area contributed by atoms with Crippen LogP contribution in [0.2, 0.25) is 0 Å². The smallest absolute Gasteiger partial charge is 0.466 e. The van der Waals surface area contributed by atoms with Gasteiger partial charge < -0.3 is 24.9 Å². The second-order valence-corrected chi connectivity index (χ2v) is 8.97. The number of aliphatic hydroxyl groups excluding tert-OH is 1. The minimum Gasteiger partial charge on any atom is -0.512 e. The summed E-state index contributed by atoms with van der Waals surface area (Å²) < 4.78 is 8.88. The van der Waals surface area contributed by atoms with Crippen LogP contribution < -0.4 is 0 Å². The SMILES string of the molecule is CCCCCCCCCCCCCCCCCCC(O)=C(C)C(=O)O.O=P(O)(O)O. The maximum atomic E-state index is 10.7. The number of phosphoric acid groups is 1.